The first kappa shape index (κ1) is 25.6. The zero-order chi connectivity index (χ0) is 25.1. The molecule has 0 radical (unpaired) electrons. The largest absolute Gasteiger partial charge is 0.493 e. The second-order valence-electron chi connectivity index (χ2n) is 8.35. The van der Waals surface area contributed by atoms with Crippen LogP contribution in [0.15, 0.2) is 41.8 Å². The topological polar surface area (TPSA) is 68.7 Å². The van der Waals surface area contributed by atoms with E-state index in [0.29, 0.717) is 36.6 Å². The molecule has 3 rings (SSSR count). The lowest BCUT2D eigenvalue weighted by molar-refractivity contribution is -0.152. The first-order valence-electron chi connectivity index (χ1n) is 10.7. The molecule has 0 spiro atoms. The Bertz CT molecular complexity index is 1170. The van der Waals surface area contributed by atoms with Gasteiger partial charge in [0.1, 0.15) is 11.5 Å². The number of carboxylic acid groups (broad SMARTS) is 1. The molecule has 0 bridgehead atoms. The zero-order valence-electron chi connectivity index (χ0n) is 19.3. The summed E-state index contributed by atoms with van der Waals surface area (Å²) in [7, 11) is 0. The third-order valence-corrected chi connectivity index (χ3v) is 6.33. The van der Waals surface area contributed by atoms with E-state index >= 15 is 0 Å². The Balaban J connectivity index is 1.60. The van der Waals surface area contributed by atoms with Crippen LogP contribution in [-0.2, 0) is 17.4 Å². The fourth-order valence-corrected chi connectivity index (χ4v) is 4.11. The average molecular weight is 494 g/mol. The Morgan fingerprint density at radius 2 is 1.71 bits per heavy atom. The first-order chi connectivity index (χ1) is 15.9. The maximum atomic E-state index is 13.3. The molecule has 182 valence electrons. The maximum Gasteiger partial charge on any atom is 0.417 e. The highest BCUT2D eigenvalue weighted by atomic mass is 32.1. The minimum atomic E-state index is -4.44. The number of aliphatic carboxylic acids is 1. The highest BCUT2D eigenvalue weighted by molar-refractivity contribution is 7.09. The standard InChI is InChI=1S/C25H26F3NO4S/c1-15-16(2)21(33-24(3,4)23(30)31)12-11-20(15)32-13-7-10-22-29-19(14-34-22)17-8-5-6-9-18(17)25(26,27)28/h5-6,8-9,11-12,14H,7,10,13H2,1-4H3,(H,30,31). The van der Waals surface area contributed by atoms with Gasteiger partial charge in [-0.2, -0.15) is 13.2 Å². The molecule has 1 N–H and O–H groups in total. The summed E-state index contributed by atoms with van der Waals surface area (Å²) in [6.45, 7) is 7.08. The van der Waals surface area contributed by atoms with Crippen LogP contribution in [0.3, 0.4) is 0 Å². The number of carboxylic acids is 1. The van der Waals surface area contributed by atoms with E-state index in [0.717, 1.165) is 22.2 Å². The van der Waals surface area contributed by atoms with Crippen molar-refractivity contribution in [1.29, 1.82) is 0 Å². The molecule has 1 heterocycles. The fourth-order valence-electron chi connectivity index (χ4n) is 3.27. The summed E-state index contributed by atoms with van der Waals surface area (Å²) in [6.07, 6.45) is -3.23. The molecule has 0 amide bonds. The monoisotopic (exact) mass is 493 g/mol. The van der Waals surface area contributed by atoms with Crippen molar-refractivity contribution in [3.8, 4) is 22.8 Å². The Morgan fingerprint density at radius 3 is 2.38 bits per heavy atom. The van der Waals surface area contributed by atoms with Gasteiger partial charge in [0.25, 0.3) is 0 Å². The van der Waals surface area contributed by atoms with Gasteiger partial charge in [0.05, 0.1) is 22.9 Å². The lowest BCUT2D eigenvalue weighted by atomic mass is 10.1. The number of hydrogen-bond acceptors (Lipinski definition) is 5. The molecular formula is C25H26F3NO4S. The van der Waals surface area contributed by atoms with Gasteiger partial charge in [-0.05, 0) is 63.4 Å². The van der Waals surface area contributed by atoms with Crippen LogP contribution in [0.1, 0.15) is 42.0 Å². The Hall–Kier alpha value is -3.07. The number of nitrogens with zero attached hydrogens (tertiary/aromatic N) is 1. The predicted molar refractivity (Wildman–Crippen MR) is 125 cm³/mol. The van der Waals surface area contributed by atoms with Gasteiger partial charge in [0.15, 0.2) is 5.60 Å². The number of ether oxygens (including phenoxy) is 2. The van der Waals surface area contributed by atoms with Crippen LogP contribution in [-0.4, -0.2) is 28.3 Å². The molecule has 34 heavy (non-hydrogen) atoms. The van der Waals surface area contributed by atoms with Gasteiger partial charge in [0.2, 0.25) is 0 Å². The quantitative estimate of drug-likeness (QED) is 0.336. The second kappa shape index (κ2) is 10.0. The third kappa shape index (κ3) is 5.88. The highest BCUT2D eigenvalue weighted by Gasteiger charge is 2.34. The number of aryl methyl sites for hydroxylation is 1. The van der Waals surface area contributed by atoms with Gasteiger partial charge in [-0.25, -0.2) is 9.78 Å². The van der Waals surface area contributed by atoms with Crippen molar-refractivity contribution < 1.29 is 32.5 Å². The molecule has 9 heteroatoms. The number of benzene rings is 2. The molecule has 0 aliphatic heterocycles. The summed E-state index contributed by atoms with van der Waals surface area (Å²) < 4.78 is 51.4. The van der Waals surface area contributed by atoms with Gasteiger partial charge in [-0.15, -0.1) is 11.3 Å². The number of rotatable bonds is 9. The predicted octanol–water partition coefficient (Wildman–Crippen LogP) is 6.70. The number of alkyl halides is 3. The molecule has 0 atom stereocenters. The van der Waals surface area contributed by atoms with Crippen molar-refractivity contribution in [2.24, 2.45) is 0 Å². The molecule has 0 fully saturated rings. The van der Waals surface area contributed by atoms with Crippen LogP contribution in [0.5, 0.6) is 11.5 Å². The van der Waals surface area contributed by atoms with Crippen LogP contribution < -0.4 is 9.47 Å². The third-order valence-electron chi connectivity index (χ3n) is 5.42. The summed E-state index contributed by atoms with van der Waals surface area (Å²) in [5, 5.41) is 11.6. The summed E-state index contributed by atoms with van der Waals surface area (Å²) in [5.74, 6) is 0.0840. The minimum absolute atomic E-state index is 0.0771. The lowest BCUT2D eigenvalue weighted by Gasteiger charge is -2.24. The number of halogens is 3. The molecular weight excluding hydrogens is 467 g/mol. The van der Waals surface area contributed by atoms with Crippen molar-refractivity contribution in [2.75, 3.05) is 6.61 Å². The maximum absolute atomic E-state index is 13.3. The van der Waals surface area contributed by atoms with Crippen molar-refractivity contribution in [2.45, 2.75) is 52.3 Å². The molecule has 0 aliphatic carbocycles. The van der Waals surface area contributed by atoms with Crippen LogP contribution >= 0.6 is 11.3 Å². The number of aromatic nitrogens is 1. The van der Waals surface area contributed by atoms with Crippen LogP contribution in [0, 0.1) is 13.8 Å². The molecule has 5 nitrogen and oxygen atoms in total. The lowest BCUT2D eigenvalue weighted by Crippen LogP contribution is -2.38. The Morgan fingerprint density at radius 1 is 1.06 bits per heavy atom. The SMILES string of the molecule is Cc1c(OCCCc2nc(-c3ccccc3C(F)(F)F)cs2)ccc(OC(C)(C)C(=O)O)c1C. The summed E-state index contributed by atoms with van der Waals surface area (Å²) in [4.78, 5) is 15.7. The summed E-state index contributed by atoms with van der Waals surface area (Å²) in [5.41, 5.74) is -0.0143. The molecule has 2 aromatic carbocycles. The van der Waals surface area contributed by atoms with Crippen LogP contribution in [0.25, 0.3) is 11.3 Å². The van der Waals surface area contributed by atoms with Crippen molar-refractivity contribution in [3.63, 3.8) is 0 Å². The van der Waals surface area contributed by atoms with E-state index in [1.807, 2.05) is 13.8 Å². The van der Waals surface area contributed by atoms with Crippen molar-refractivity contribution in [3.05, 3.63) is 63.5 Å². The highest BCUT2D eigenvalue weighted by Crippen LogP contribution is 2.37. The van der Waals surface area contributed by atoms with Crippen LogP contribution in [0.2, 0.25) is 0 Å². The second-order valence-corrected chi connectivity index (χ2v) is 9.29. The molecule has 0 saturated carbocycles. The number of thiazole rings is 1. The summed E-state index contributed by atoms with van der Waals surface area (Å²) >= 11 is 1.33. The smallest absolute Gasteiger partial charge is 0.417 e. The minimum Gasteiger partial charge on any atom is -0.493 e. The van der Waals surface area contributed by atoms with Gasteiger partial charge >= 0.3 is 12.1 Å². The van der Waals surface area contributed by atoms with Gasteiger partial charge < -0.3 is 14.6 Å². The average Bonchev–Trinajstić information content (AvgIpc) is 3.24. The van der Waals surface area contributed by atoms with Gasteiger partial charge in [-0.3, -0.25) is 0 Å². The van der Waals surface area contributed by atoms with E-state index in [1.54, 1.807) is 23.6 Å². The number of carbonyl (C=O) groups is 1. The Kier molecular flexibility index (Phi) is 7.55. The van der Waals surface area contributed by atoms with Crippen LogP contribution in [0.4, 0.5) is 13.2 Å². The zero-order valence-corrected chi connectivity index (χ0v) is 20.1. The molecule has 0 saturated heterocycles. The van der Waals surface area contributed by atoms with Crippen molar-refractivity contribution >= 4 is 17.3 Å². The van der Waals surface area contributed by atoms with E-state index in [4.69, 9.17) is 9.47 Å². The van der Waals surface area contributed by atoms with Crippen molar-refractivity contribution in [1.82, 2.24) is 4.98 Å². The first-order valence-corrected chi connectivity index (χ1v) is 11.5. The van der Waals surface area contributed by atoms with Gasteiger partial charge in [-0.1, -0.05) is 18.2 Å². The van der Waals surface area contributed by atoms with E-state index in [1.165, 1.54) is 37.3 Å². The number of hydrogen-bond donors (Lipinski definition) is 1. The van der Waals surface area contributed by atoms with E-state index in [-0.39, 0.29) is 5.56 Å². The fraction of sp³-hybridized carbons (Fsp3) is 0.360. The van der Waals surface area contributed by atoms with Gasteiger partial charge in [0, 0.05) is 17.4 Å². The molecule has 3 aromatic rings. The molecule has 0 unspecified atom stereocenters. The Labute approximate surface area is 200 Å². The molecule has 1 aromatic heterocycles. The van der Waals surface area contributed by atoms with E-state index < -0.39 is 23.3 Å². The summed E-state index contributed by atoms with van der Waals surface area (Å²) in [6, 6.07) is 8.86. The normalized spacial score (nSPS) is 12.0. The van der Waals surface area contributed by atoms with E-state index in [9.17, 15) is 23.1 Å². The van der Waals surface area contributed by atoms with E-state index in [2.05, 4.69) is 4.98 Å². The molecule has 0 aliphatic rings.